The number of benzene rings is 1. The summed E-state index contributed by atoms with van der Waals surface area (Å²) in [7, 11) is 0. The fraction of sp³-hybridized carbons (Fsp3) is 0.0625. The molecule has 5 nitrogen and oxygen atoms in total. The van der Waals surface area contributed by atoms with E-state index in [-0.39, 0.29) is 0 Å². The quantitative estimate of drug-likeness (QED) is 0.589. The summed E-state index contributed by atoms with van der Waals surface area (Å²) in [5.41, 5.74) is 5.98. The topological polar surface area (TPSA) is 55.1 Å². The lowest BCUT2D eigenvalue weighted by Crippen LogP contribution is -2.01. The first kappa shape index (κ1) is 13.1. The molecule has 0 saturated carbocycles. The van der Waals surface area contributed by atoms with Crippen LogP contribution in [0.2, 0.25) is 0 Å². The highest BCUT2D eigenvalue weighted by Gasteiger charge is 2.00. The van der Waals surface area contributed by atoms with E-state index in [0.717, 1.165) is 22.8 Å². The molecule has 0 bridgehead atoms. The molecule has 0 saturated heterocycles. The van der Waals surface area contributed by atoms with E-state index in [9.17, 15) is 0 Å². The molecule has 0 aliphatic carbocycles. The van der Waals surface area contributed by atoms with E-state index in [1.807, 2.05) is 60.2 Å². The SMILES string of the molecule is CC(=NNc1ccccn1)c1ccc(-n2ccnc2)cc1. The van der Waals surface area contributed by atoms with Crippen LogP contribution in [0.3, 0.4) is 0 Å². The maximum Gasteiger partial charge on any atom is 0.146 e. The zero-order chi connectivity index (χ0) is 14.5. The number of rotatable bonds is 4. The highest BCUT2D eigenvalue weighted by Crippen LogP contribution is 2.10. The largest absolute Gasteiger partial charge is 0.306 e. The van der Waals surface area contributed by atoms with Crippen molar-refractivity contribution in [2.75, 3.05) is 5.43 Å². The molecular weight excluding hydrogens is 262 g/mol. The molecule has 5 heteroatoms. The van der Waals surface area contributed by atoms with Crippen LogP contribution in [0.4, 0.5) is 5.82 Å². The zero-order valence-corrected chi connectivity index (χ0v) is 11.6. The highest BCUT2D eigenvalue weighted by molar-refractivity contribution is 5.99. The standard InChI is InChI=1S/C16H15N5/c1-13(19-20-16-4-2-3-9-18-16)14-5-7-15(8-6-14)21-11-10-17-12-21/h2-12H,1H3,(H,18,20). The van der Waals surface area contributed by atoms with Crippen molar-refractivity contribution in [3.63, 3.8) is 0 Å². The van der Waals surface area contributed by atoms with E-state index in [0.29, 0.717) is 0 Å². The number of nitrogens with one attached hydrogen (secondary N) is 1. The summed E-state index contributed by atoms with van der Waals surface area (Å²) in [6.07, 6.45) is 7.18. The van der Waals surface area contributed by atoms with Gasteiger partial charge in [0.15, 0.2) is 0 Å². The van der Waals surface area contributed by atoms with Gasteiger partial charge < -0.3 is 4.57 Å². The third-order valence-electron chi connectivity index (χ3n) is 3.09. The van der Waals surface area contributed by atoms with Crippen LogP contribution in [0.15, 0.2) is 72.5 Å². The predicted octanol–water partition coefficient (Wildman–Crippen LogP) is 3.10. The van der Waals surface area contributed by atoms with E-state index in [1.54, 1.807) is 18.7 Å². The summed E-state index contributed by atoms with van der Waals surface area (Å²) in [4.78, 5) is 8.21. The average Bonchev–Trinajstić information content (AvgIpc) is 3.08. The summed E-state index contributed by atoms with van der Waals surface area (Å²) in [6.45, 7) is 1.96. The Hall–Kier alpha value is -2.95. The Balaban J connectivity index is 1.74. The van der Waals surface area contributed by atoms with E-state index < -0.39 is 0 Å². The third-order valence-corrected chi connectivity index (χ3v) is 3.09. The molecule has 0 aliphatic heterocycles. The lowest BCUT2D eigenvalue weighted by atomic mass is 10.1. The second kappa shape index (κ2) is 6.00. The van der Waals surface area contributed by atoms with Gasteiger partial charge in [-0.05, 0) is 36.8 Å². The number of anilines is 1. The highest BCUT2D eigenvalue weighted by atomic mass is 15.3. The van der Waals surface area contributed by atoms with Crippen LogP contribution in [0.5, 0.6) is 0 Å². The molecule has 2 heterocycles. The molecule has 3 rings (SSSR count). The first-order chi connectivity index (χ1) is 10.3. The Bertz CT molecular complexity index is 715. The molecule has 104 valence electrons. The molecule has 0 fully saturated rings. The smallest absolute Gasteiger partial charge is 0.146 e. The Morgan fingerprint density at radius 1 is 1.10 bits per heavy atom. The maximum absolute atomic E-state index is 4.34. The van der Waals surface area contributed by atoms with Crippen molar-refractivity contribution in [3.05, 3.63) is 72.9 Å². The van der Waals surface area contributed by atoms with Crippen molar-refractivity contribution >= 4 is 11.5 Å². The zero-order valence-electron chi connectivity index (χ0n) is 11.6. The second-order valence-electron chi connectivity index (χ2n) is 4.54. The lowest BCUT2D eigenvalue weighted by Gasteiger charge is -2.05. The minimum Gasteiger partial charge on any atom is -0.306 e. The number of imidazole rings is 1. The van der Waals surface area contributed by atoms with Crippen molar-refractivity contribution in [1.82, 2.24) is 14.5 Å². The number of hydrogen-bond donors (Lipinski definition) is 1. The Labute approximate surface area is 123 Å². The Kier molecular flexibility index (Phi) is 3.73. The molecule has 0 atom stereocenters. The summed E-state index contributed by atoms with van der Waals surface area (Å²) in [6, 6.07) is 13.8. The van der Waals surface area contributed by atoms with Crippen molar-refractivity contribution in [1.29, 1.82) is 0 Å². The van der Waals surface area contributed by atoms with Crippen LogP contribution in [0.25, 0.3) is 5.69 Å². The van der Waals surface area contributed by atoms with Crippen LogP contribution >= 0.6 is 0 Å². The Morgan fingerprint density at radius 3 is 2.62 bits per heavy atom. The minimum atomic E-state index is 0.729. The van der Waals surface area contributed by atoms with Gasteiger partial charge in [-0.1, -0.05) is 18.2 Å². The van der Waals surface area contributed by atoms with Gasteiger partial charge in [0.1, 0.15) is 5.82 Å². The second-order valence-corrected chi connectivity index (χ2v) is 4.54. The van der Waals surface area contributed by atoms with Crippen LogP contribution in [0.1, 0.15) is 12.5 Å². The maximum atomic E-state index is 4.34. The normalized spacial score (nSPS) is 11.4. The summed E-state index contributed by atoms with van der Waals surface area (Å²) in [5, 5.41) is 4.34. The molecule has 2 aromatic heterocycles. The molecule has 1 N–H and O–H groups in total. The molecule has 0 aliphatic rings. The number of hydrogen-bond acceptors (Lipinski definition) is 4. The van der Waals surface area contributed by atoms with Gasteiger partial charge in [0, 0.05) is 24.3 Å². The van der Waals surface area contributed by atoms with Gasteiger partial charge in [0.05, 0.1) is 12.0 Å². The van der Waals surface area contributed by atoms with E-state index >= 15 is 0 Å². The Morgan fingerprint density at radius 2 is 1.95 bits per heavy atom. The van der Waals surface area contributed by atoms with Gasteiger partial charge in [-0.2, -0.15) is 5.10 Å². The van der Waals surface area contributed by atoms with Gasteiger partial charge >= 0.3 is 0 Å². The molecule has 0 radical (unpaired) electrons. The van der Waals surface area contributed by atoms with Gasteiger partial charge in [0.25, 0.3) is 0 Å². The molecule has 0 amide bonds. The van der Waals surface area contributed by atoms with Gasteiger partial charge in [-0.3, -0.25) is 5.43 Å². The van der Waals surface area contributed by atoms with E-state index in [4.69, 9.17) is 0 Å². The van der Waals surface area contributed by atoms with Crippen LogP contribution in [-0.2, 0) is 0 Å². The van der Waals surface area contributed by atoms with Crippen molar-refractivity contribution in [3.8, 4) is 5.69 Å². The molecular formula is C16H15N5. The minimum absolute atomic E-state index is 0.729. The fourth-order valence-corrected chi connectivity index (χ4v) is 1.92. The average molecular weight is 277 g/mol. The molecule has 0 spiro atoms. The summed E-state index contributed by atoms with van der Waals surface area (Å²) in [5.74, 6) is 0.729. The molecule has 3 aromatic rings. The van der Waals surface area contributed by atoms with Gasteiger partial charge in [-0.15, -0.1) is 0 Å². The molecule has 1 aromatic carbocycles. The third kappa shape index (κ3) is 3.14. The van der Waals surface area contributed by atoms with Crippen molar-refractivity contribution in [2.45, 2.75) is 6.92 Å². The first-order valence-corrected chi connectivity index (χ1v) is 6.63. The van der Waals surface area contributed by atoms with Crippen LogP contribution in [-0.4, -0.2) is 20.2 Å². The fourth-order valence-electron chi connectivity index (χ4n) is 1.92. The monoisotopic (exact) mass is 277 g/mol. The van der Waals surface area contributed by atoms with Crippen molar-refractivity contribution < 1.29 is 0 Å². The molecule has 21 heavy (non-hydrogen) atoms. The number of hydrazone groups is 1. The summed E-state index contributed by atoms with van der Waals surface area (Å²) < 4.78 is 1.96. The van der Waals surface area contributed by atoms with Crippen LogP contribution in [0, 0.1) is 0 Å². The van der Waals surface area contributed by atoms with Gasteiger partial charge in [0.2, 0.25) is 0 Å². The van der Waals surface area contributed by atoms with E-state index in [2.05, 4.69) is 20.5 Å². The summed E-state index contributed by atoms with van der Waals surface area (Å²) >= 11 is 0. The molecule has 0 unspecified atom stereocenters. The number of pyridine rings is 1. The lowest BCUT2D eigenvalue weighted by molar-refractivity contribution is 1.06. The number of nitrogens with zero attached hydrogens (tertiary/aromatic N) is 4. The van der Waals surface area contributed by atoms with Crippen LogP contribution < -0.4 is 5.43 Å². The predicted molar refractivity (Wildman–Crippen MR) is 83.6 cm³/mol. The first-order valence-electron chi connectivity index (χ1n) is 6.63. The van der Waals surface area contributed by atoms with Crippen molar-refractivity contribution in [2.24, 2.45) is 5.10 Å². The van der Waals surface area contributed by atoms with E-state index in [1.165, 1.54) is 0 Å². The van der Waals surface area contributed by atoms with Gasteiger partial charge in [-0.25, -0.2) is 9.97 Å². The number of aromatic nitrogens is 3.